The van der Waals surface area contributed by atoms with Crippen LogP contribution in [0.4, 0.5) is 0 Å². The van der Waals surface area contributed by atoms with Gasteiger partial charge in [0.25, 0.3) is 0 Å². The van der Waals surface area contributed by atoms with Gasteiger partial charge in [0.15, 0.2) is 6.10 Å². The average Bonchev–Trinajstić information content (AvgIpc) is 3.45. The number of allylic oxidation sites excluding steroid dienone is 8. The van der Waals surface area contributed by atoms with Crippen molar-refractivity contribution in [2.45, 2.75) is 386 Å². The van der Waals surface area contributed by atoms with Crippen LogP contribution >= 0.6 is 0 Å². The molecule has 462 valence electrons. The predicted molar refractivity (Wildman–Crippen MR) is 344 cm³/mol. The van der Waals surface area contributed by atoms with E-state index in [0.717, 1.165) is 77.0 Å². The smallest absolute Gasteiger partial charge is 0.306 e. The Labute approximate surface area is 492 Å². The number of carbonyl (C=O) groups excluding carboxylic acids is 3. The van der Waals surface area contributed by atoms with Gasteiger partial charge >= 0.3 is 17.9 Å². The molecule has 0 spiro atoms. The first-order valence-corrected chi connectivity index (χ1v) is 35.1. The van der Waals surface area contributed by atoms with E-state index in [1.165, 1.54) is 263 Å². The summed E-state index contributed by atoms with van der Waals surface area (Å²) in [7, 11) is 0. The van der Waals surface area contributed by atoms with Gasteiger partial charge in [0.05, 0.1) is 0 Å². The highest BCUT2D eigenvalue weighted by Crippen LogP contribution is 2.18. The molecule has 0 fully saturated rings. The van der Waals surface area contributed by atoms with Crippen LogP contribution in [0.15, 0.2) is 48.6 Å². The predicted octanol–water partition coefficient (Wildman–Crippen LogP) is 24.1. The lowest BCUT2D eigenvalue weighted by Crippen LogP contribution is -2.30. The number of ether oxygens (including phenoxy) is 3. The molecule has 1 unspecified atom stereocenters. The van der Waals surface area contributed by atoms with Crippen molar-refractivity contribution in [3.05, 3.63) is 48.6 Å². The second-order valence-corrected chi connectivity index (χ2v) is 23.8. The van der Waals surface area contributed by atoms with Gasteiger partial charge in [-0.1, -0.05) is 326 Å². The Morgan fingerprint density at radius 3 is 0.722 bits per heavy atom. The molecular formula is C73H134O6. The van der Waals surface area contributed by atoms with E-state index in [1.54, 1.807) is 0 Å². The minimum Gasteiger partial charge on any atom is -0.462 e. The summed E-state index contributed by atoms with van der Waals surface area (Å²) in [6.07, 6.45) is 85.6. The van der Waals surface area contributed by atoms with E-state index in [0.29, 0.717) is 19.3 Å². The lowest BCUT2D eigenvalue weighted by atomic mass is 10.0. The molecular weight excluding hydrogens is 973 g/mol. The van der Waals surface area contributed by atoms with E-state index < -0.39 is 6.10 Å². The fourth-order valence-electron chi connectivity index (χ4n) is 10.5. The molecule has 6 heteroatoms. The number of esters is 3. The highest BCUT2D eigenvalue weighted by Gasteiger charge is 2.19. The third-order valence-electron chi connectivity index (χ3n) is 15.8. The van der Waals surface area contributed by atoms with Crippen molar-refractivity contribution in [1.29, 1.82) is 0 Å². The lowest BCUT2D eigenvalue weighted by Gasteiger charge is -2.18. The fourth-order valence-corrected chi connectivity index (χ4v) is 10.5. The molecule has 1 atom stereocenters. The van der Waals surface area contributed by atoms with Gasteiger partial charge in [-0.2, -0.15) is 0 Å². The summed E-state index contributed by atoms with van der Waals surface area (Å²) in [5.41, 5.74) is 0. The molecule has 0 aliphatic rings. The zero-order valence-electron chi connectivity index (χ0n) is 53.2. The molecule has 0 aliphatic carbocycles. The fraction of sp³-hybridized carbons (Fsp3) is 0.849. The molecule has 0 amide bonds. The molecule has 6 nitrogen and oxygen atoms in total. The first-order valence-electron chi connectivity index (χ1n) is 35.1. The van der Waals surface area contributed by atoms with E-state index >= 15 is 0 Å². The SMILES string of the molecule is CCCCCCC/C=C\C/C=C\C/C=C\CCCCCCCCCCCCCCCCC(=O)OCC(COC(=O)CCCCCCC/C=C\CCCCCCC)OC(=O)CCCCCCCCCCCCCCCCCCCC. The molecule has 0 saturated heterocycles. The van der Waals surface area contributed by atoms with Gasteiger partial charge in [-0.3, -0.25) is 14.4 Å². The van der Waals surface area contributed by atoms with Gasteiger partial charge in [-0.05, 0) is 83.5 Å². The first-order chi connectivity index (χ1) is 39.0. The normalized spacial score (nSPS) is 12.3. The number of hydrogen-bond donors (Lipinski definition) is 0. The van der Waals surface area contributed by atoms with E-state index in [9.17, 15) is 14.4 Å². The van der Waals surface area contributed by atoms with Crippen molar-refractivity contribution in [1.82, 2.24) is 0 Å². The van der Waals surface area contributed by atoms with Crippen LogP contribution in [-0.2, 0) is 28.6 Å². The highest BCUT2D eigenvalue weighted by atomic mass is 16.6. The standard InChI is InChI=1S/C73H134O6/c1-4-7-10-13-16-19-22-25-28-30-32-33-34-35-36-37-38-39-40-41-42-44-45-48-51-54-57-60-63-66-72(75)78-69-70(68-77-71(74)65-62-59-56-53-50-47-27-24-21-18-15-12-9-6-3)79-73(76)67-64-61-58-55-52-49-46-43-31-29-26-23-20-17-14-11-8-5-2/h22,24-25,27,30,32,34-35,70H,4-21,23,26,28-29,31,33,36-69H2,1-3H3/b25-22-,27-24-,32-30-,35-34-. The third kappa shape index (κ3) is 66.1. The molecule has 0 aromatic carbocycles. The van der Waals surface area contributed by atoms with E-state index in [2.05, 4.69) is 69.4 Å². The summed E-state index contributed by atoms with van der Waals surface area (Å²) in [4.78, 5) is 38.4. The topological polar surface area (TPSA) is 78.9 Å². The highest BCUT2D eigenvalue weighted by molar-refractivity contribution is 5.71. The Balaban J connectivity index is 4.22. The maximum Gasteiger partial charge on any atom is 0.306 e. The number of rotatable bonds is 65. The molecule has 0 rings (SSSR count). The monoisotopic (exact) mass is 1110 g/mol. The summed E-state index contributed by atoms with van der Waals surface area (Å²) < 4.78 is 17.0. The molecule has 0 aromatic heterocycles. The number of unbranched alkanes of at least 4 members (excludes halogenated alkanes) is 46. The minimum atomic E-state index is -0.775. The van der Waals surface area contributed by atoms with Crippen LogP contribution in [0.5, 0.6) is 0 Å². The summed E-state index contributed by atoms with van der Waals surface area (Å²) in [5.74, 6) is -0.854. The third-order valence-corrected chi connectivity index (χ3v) is 15.8. The molecule has 0 aliphatic heterocycles. The molecule has 0 radical (unpaired) electrons. The van der Waals surface area contributed by atoms with Crippen molar-refractivity contribution in [3.8, 4) is 0 Å². The van der Waals surface area contributed by atoms with Crippen LogP contribution in [0.1, 0.15) is 380 Å². The maximum absolute atomic E-state index is 12.9. The van der Waals surface area contributed by atoms with Crippen LogP contribution in [0, 0.1) is 0 Å². The van der Waals surface area contributed by atoms with Gasteiger partial charge in [0.1, 0.15) is 13.2 Å². The zero-order valence-corrected chi connectivity index (χ0v) is 53.2. The Kier molecular flexibility index (Phi) is 65.6. The quantitative estimate of drug-likeness (QED) is 0.0261. The van der Waals surface area contributed by atoms with Crippen LogP contribution in [-0.4, -0.2) is 37.2 Å². The van der Waals surface area contributed by atoms with Gasteiger partial charge < -0.3 is 14.2 Å². The van der Waals surface area contributed by atoms with Crippen LogP contribution < -0.4 is 0 Å². The molecule has 0 heterocycles. The maximum atomic E-state index is 12.9. The summed E-state index contributed by atoms with van der Waals surface area (Å²) in [6.45, 7) is 6.68. The molecule has 0 bridgehead atoms. The van der Waals surface area contributed by atoms with Gasteiger partial charge in [-0.25, -0.2) is 0 Å². The Morgan fingerprint density at radius 2 is 0.456 bits per heavy atom. The van der Waals surface area contributed by atoms with E-state index in [1.807, 2.05) is 0 Å². The second-order valence-electron chi connectivity index (χ2n) is 23.8. The average molecular weight is 1110 g/mol. The van der Waals surface area contributed by atoms with Crippen LogP contribution in [0.25, 0.3) is 0 Å². The summed E-state index contributed by atoms with van der Waals surface area (Å²) in [6, 6.07) is 0. The van der Waals surface area contributed by atoms with Crippen molar-refractivity contribution in [2.24, 2.45) is 0 Å². The summed E-state index contributed by atoms with van der Waals surface area (Å²) in [5, 5.41) is 0. The van der Waals surface area contributed by atoms with Gasteiger partial charge in [0, 0.05) is 19.3 Å². The minimum absolute atomic E-state index is 0.0713. The Morgan fingerprint density at radius 1 is 0.253 bits per heavy atom. The van der Waals surface area contributed by atoms with Crippen LogP contribution in [0.3, 0.4) is 0 Å². The Hall–Kier alpha value is -2.63. The number of carbonyl (C=O) groups is 3. The van der Waals surface area contributed by atoms with Gasteiger partial charge in [0.2, 0.25) is 0 Å². The molecule has 0 aromatic rings. The molecule has 0 N–H and O–H groups in total. The van der Waals surface area contributed by atoms with E-state index in [4.69, 9.17) is 14.2 Å². The second kappa shape index (κ2) is 67.9. The van der Waals surface area contributed by atoms with Gasteiger partial charge in [-0.15, -0.1) is 0 Å². The summed E-state index contributed by atoms with van der Waals surface area (Å²) >= 11 is 0. The molecule has 0 saturated carbocycles. The zero-order chi connectivity index (χ0) is 57.1. The Bertz CT molecular complexity index is 1360. The van der Waals surface area contributed by atoms with Crippen molar-refractivity contribution in [2.75, 3.05) is 13.2 Å². The number of hydrogen-bond acceptors (Lipinski definition) is 6. The van der Waals surface area contributed by atoms with Crippen molar-refractivity contribution >= 4 is 17.9 Å². The van der Waals surface area contributed by atoms with Crippen LogP contribution in [0.2, 0.25) is 0 Å². The lowest BCUT2D eigenvalue weighted by molar-refractivity contribution is -0.167. The van der Waals surface area contributed by atoms with E-state index in [-0.39, 0.29) is 31.1 Å². The van der Waals surface area contributed by atoms with Crippen molar-refractivity contribution in [3.63, 3.8) is 0 Å². The molecule has 79 heavy (non-hydrogen) atoms. The first kappa shape index (κ1) is 76.4. The largest absolute Gasteiger partial charge is 0.462 e. The van der Waals surface area contributed by atoms with Crippen molar-refractivity contribution < 1.29 is 28.6 Å².